The molecule has 0 radical (unpaired) electrons. The highest BCUT2D eigenvalue weighted by Gasteiger charge is 2.16. The lowest BCUT2D eigenvalue weighted by Crippen LogP contribution is -2.44. The van der Waals surface area contributed by atoms with E-state index >= 15 is 0 Å². The first-order chi connectivity index (χ1) is 9.35. The molecule has 1 N–H and O–H groups in total. The Kier molecular flexibility index (Phi) is 6.02. The fourth-order valence-electron chi connectivity index (χ4n) is 1.78. The lowest BCUT2D eigenvalue weighted by atomic mass is 10.1. The zero-order valence-electron chi connectivity index (χ0n) is 13.2. The summed E-state index contributed by atoms with van der Waals surface area (Å²) in [5.41, 5.74) is 1.06. The molecule has 0 aromatic heterocycles. The maximum atomic E-state index is 12.2. The predicted molar refractivity (Wildman–Crippen MR) is 81.8 cm³/mol. The Hall–Kier alpha value is -1.55. The molecular formula is C16H26N2O2. The van der Waals surface area contributed by atoms with Crippen molar-refractivity contribution in [3.8, 4) is 5.75 Å². The largest absolute Gasteiger partial charge is 0.497 e. The Labute approximate surface area is 122 Å². The Balaban J connectivity index is 2.59. The smallest absolute Gasteiger partial charge is 0.236 e. The first kappa shape index (κ1) is 16.5. The van der Waals surface area contributed by atoms with Gasteiger partial charge >= 0.3 is 0 Å². The number of methoxy groups -OCH3 is 1. The van der Waals surface area contributed by atoms with Gasteiger partial charge in [-0.25, -0.2) is 0 Å². The summed E-state index contributed by atoms with van der Waals surface area (Å²) >= 11 is 0. The molecule has 0 saturated carbocycles. The Bertz CT molecular complexity index is 421. The number of hydrogen-bond donors (Lipinski definition) is 1. The number of carbonyl (C=O) groups excluding carboxylic acids is 1. The van der Waals surface area contributed by atoms with E-state index in [9.17, 15) is 4.79 Å². The molecular weight excluding hydrogens is 252 g/mol. The van der Waals surface area contributed by atoms with Gasteiger partial charge in [-0.2, -0.15) is 0 Å². The van der Waals surface area contributed by atoms with Crippen LogP contribution in [0.2, 0.25) is 0 Å². The first-order valence-electron chi connectivity index (χ1n) is 7.01. The molecule has 1 aromatic carbocycles. The molecule has 1 aromatic rings. The molecule has 0 aliphatic rings. The third-order valence-corrected chi connectivity index (χ3v) is 3.04. The number of rotatable bonds is 6. The summed E-state index contributed by atoms with van der Waals surface area (Å²) in [5.74, 6) is 0.954. The Morgan fingerprint density at radius 1 is 1.25 bits per heavy atom. The van der Waals surface area contributed by atoms with Crippen LogP contribution in [-0.2, 0) is 11.3 Å². The topological polar surface area (TPSA) is 41.6 Å². The van der Waals surface area contributed by atoms with E-state index in [0.717, 1.165) is 11.3 Å². The molecule has 112 valence electrons. The van der Waals surface area contributed by atoms with E-state index in [2.05, 4.69) is 26.1 Å². The molecule has 0 fully saturated rings. The quantitative estimate of drug-likeness (QED) is 0.869. The van der Waals surface area contributed by atoms with E-state index in [1.54, 1.807) is 7.11 Å². The van der Waals surface area contributed by atoms with Crippen molar-refractivity contribution in [1.82, 2.24) is 10.2 Å². The molecule has 0 heterocycles. The van der Waals surface area contributed by atoms with Gasteiger partial charge in [0.15, 0.2) is 0 Å². The van der Waals surface area contributed by atoms with Crippen LogP contribution in [0, 0.1) is 0 Å². The number of ether oxygens (including phenoxy) is 1. The molecule has 1 amide bonds. The van der Waals surface area contributed by atoms with Crippen LogP contribution in [0.4, 0.5) is 0 Å². The average molecular weight is 278 g/mol. The molecule has 0 bridgehead atoms. The normalized spacial score (nSPS) is 11.2. The second kappa shape index (κ2) is 7.29. The zero-order valence-corrected chi connectivity index (χ0v) is 13.2. The summed E-state index contributed by atoms with van der Waals surface area (Å²) in [6.45, 7) is 9.87. The number of nitrogens with one attached hydrogen (secondary N) is 1. The molecule has 0 aliphatic heterocycles. The van der Waals surface area contributed by atoms with E-state index in [1.807, 2.05) is 36.1 Å². The monoisotopic (exact) mass is 278 g/mol. The van der Waals surface area contributed by atoms with E-state index in [4.69, 9.17) is 4.74 Å². The predicted octanol–water partition coefficient (Wildman–Crippen LogP) is 2.43. The summed E-state index contributed by atoms with van der Waals surface area (Å²) in [6, 6.07) is 7.82. The lowest BCUT2D eigenvalue weighted by Gasteiger charge is -2.25. The maximum absolute atomic E-state index is 12.2. The second-order valence-corrected chi connectivity index (χ2v) is 5.86. The highest BCUT2D eigenvalue weighted by Crippen LogP contribution is 2.13. The van der Waals surface area contributed by atoms with Crippen molar-refractivity contribution in [1.29, 1.82) is 0 Å². The molecule has 0 unspecified atom stereocenters. The summed E-state index contributed by atoms with van der Waals surface area (Å²) in [7, 11) is 1.65. The minimum atomic E-state index is -0.0464. The van der Waals surface area contributed by atoms with Gasteiger partial charge in [0, 0.05) is 18.6 Å². The molecule has 0 aliphatic carbocycles. The van der Waals surface area contributed by atoms with Crippen LogP contribution in [0.5, 0.6) is 5.75 Å². The third-order valence-electron chi connectivity index (χ3n) is 3.04. The van der Waals surface area contributed by atoms with E-state index in [-0.39, 0.29) is 11.4 Å². The fourth-order valence-corrected chi connectivity index (χ4v) is 1.78. The standard InChI is InChI=1S/C16H26N2O2/c1-6-18(15(19)11-17-16(2,3)4)12-13-7-9-14(20-5)10-8-13/h7-10,17H,6,11-12H2,1-5H3. The van der Waals surface area contributed by atoms with Gasteiger partial charge < -0.3 is 15.0 Å². The molecule has 0 atom stereocenters. The van der Waals surface area contributed by atoms with Crippen LogP contribution in [0.15, 0.2) is 24.3 Å². The minimum absolute atomic E-state index is 0.0464. The molecule has 4 nitrogen and oxygen atoms in total. The second-order valence-electron chi connectivity index (χ2n) is 5.86. The minimum Gasteiger partial charge on any atom is -0.497 e. The van der Waals surface area contributed by atoms with E-state index in [1.165, 1.54) is 0 Å². The van der Waals surface area contributed by atoms with Crippen LogP contribution in [-0.4, -0.2) is 36.5 Å². The van der Waals surface area contributed by atoms with Crippen molar-refractivity contribution < 1.29 is 9.53 Å². The Morgan fingerprint density at radius 3 is 2.30 bits per heavy atom. The number of hydrogen-bond acceptors (Lipinski definition) is 3. The number of likely N-dealkylation sites (N-methyl/N-ethyl adjacent to an activating group) is 1. The van der Waals surface area contributed by atoms with Crippen molar-refractivity contribution in [3.63, 3.8) is 0 Å². The summed E-state index contributed by atoms with van der Waals surface area (Å²) in [5, 5.41) is 3.23. The number of benzene rings is 1. The number of nitrogens with zero attached hydrogens (tertiary/aromatic N) is 1. The molecule has 20 heavy (non-hydrogen) atoms. The van der Waals surface area contributed by atoms with Gasteiger partial charge in [-0.15, -0.1) is 0 Å². The van der Waals surface area contributed by atoms with Gasteiger partial charge in [0.2, 0.25) is 5.91 Å². The van der Waals surface area contributed by atoms with Gasteiger partial charge in [0.1, 0.15) is 5.75 Å². The van der Waals surface area contributed by atoms with Crippen LogP contribution >= 0.6 is 0 Å². The highest BCUT2D eigenvalue weighted by atomic mass is 16.5. The summed E-state index contributed by atoms with van der Waals surface area (Å²) in [4.78, 5) is 14.0. The third kappa shape index (κ3) is 5.61. The fraction of sp³-hybridized carbons (Fsp3) is 0.562. The number of carbonyl (C=O) groups is 1. The average Bonchev–Trinajstić information content (AvgIpc) is 2.42. The maximum Gasteiger partial charge on any atom is 0.236 e. The van der Waals surface area contributed by atoms with Gasteiger partial charge in [-0.05, 0) is 45.4 Å². The van der Waals surface area contributed by atoms with Crippen LogP contribution < -0.4 is 10.1 Å². The van der Waals surface area contributed by atoms with Crippen LogP contribution in [0.25, 0.3) is 0 Å². The van der Waals surface area contributed by atoms with Gasteiger partial charge in [0.25, 0.3) is 0 Å². The van der Waals surface area contributed by atoms with Gasteiger partial charge in [-0.1, -0.05) is 12.1 Å². The van der Waals surface area contributed by atoms with Crippen molar-refractivity contribution in [2.45, 2.75) is 39.8 Å². The summed E-state index contributed by atoms with van der Waals surface area (Å²) < 4.78 is 5.13. The SMILES string of the molecule is CCN(Cc1ccc(OC)cc1)C(=O)CNC(C)(C)C. The van der Waals surface area contributed by atoms with Crippen molar-refractivity contribution >= 4 is 5.91 Å². The summed E-state index contributed by atoms with van der Waals surface area (Å²) in [6.07, 6.45) is 0. The van der Waals surface area contributed by atoms with E-state index in [0.29, 0.717) is 19.6 Å². The van der Waals surface area contributed by atoms with Crippen molar-refractivity contribution in [2.24, 2.45) is 0 Å². The molecule has 0 spiro atoms. The lowest BCUT2D eigenvalue weighted by molar-refractivity contribution is -0.130. The first-order valence-corrected chi connectivity index (χ1v) is 7.01. The number of amides is 1. The molecule has 1 rings (SSSR count). The van der Waals surface area contributed by atoms with Gasteiger partial charge in [-0.3, -0.25) is 4.79 Å². The van der Waals surface area contributed by atoms with Crippen molar-refractivity contribution in [3.05, 3.63) is 29.8 Å². The Morgan fingerprint density at radius 2 is 1.85 bits per heavy atom. The molecule has 4 heteroatoms. The molecule has 0 saturated heterocycles. The van der Waals surface area contributed by atoms with Crippen molar-refractivity contribution in [2.75, 3.05) is 20.2 Å². The zero-order chi connectivity index (χ0) is 15.2. The highest BCUT2D eigenvalue weighted by molar-refractivity contribution is 5.78. The van der Waals surface area contributed by atoms with Crippen LogP contribution in [0.1, 0.15) is 33.3 Å². The van der Waals surface area contributed by atoms with Gasteiger partial charge in [0.05, 0.1) is 13.7 Å². The van der Waals surface area contributed by atoms with E-state index < -0.39 is 0 Å². The van der Waals surface area contributed by atoms with Crippen LogP contribution in [0.3, 0.4) is 0 Å².